The average molecular weight is 306 g/mol. The standard InChI is InChI=1S/C14H16ClN5O/c1-8(2)13-18-7-10(16-3)12(20-13)14(21)19-11-5-4-9(15)6-17-11/h4-8,16H,1-3H3,(H,17,19,21). The van der Waals surface area contributed by atoms with Crippen LogP contribution in [0.15, 0.2) is 24.5 Å². The molecule has 2 rings (SSSR count). The van der Waals surface area contributed by atoms with E-state index in [1.807, 2.05) is 13.8 Å². The number of rotatable bonds is 4. The van der Waals surface area contributed by atoms with Gasteiger partial charge in [-0.1, -0.05) is 25.4 Å². The third-order valence-electron chi connectivity index (χ3n) is 2.78. The number of carbonyl (C=O) groups is 1. The van der Waals surface area contributed by atoms with E-state index in [2.05, 4.69) is 25.6 Å². The first-order valence-corrected chi connectivity index (χ1v) is 6.86. The zero-order chi connectivity index (χ0) is 15.4. The predicted molar refractivity (Wildman–Crippen MR) is 82.9 cm³/mol. The van der Waals surface area contributed by atoms with Crippen molar-refractivity contribution in [2.75, 3.05) is 17.7 Å². The molecule has 110 valence electrons. The Hall–Kier alpha value is -2.21. The van der Waals surface area contributed by atoms with Crippen molar-refractivity contribution >= 4 is 29.0 Å². The second-order valence-electron chi connectivity index (χ2n) is 4.71. The fourth-order valence-electron chi connectivity index (χ4n) is 1.65. The topological polar surface area (TPSA) is 79.8 Å². The number of hydrogen-bond donors (Lipinski definition) is 2. The van der Waals surface area contributed by atoms with E-state index in [9.17, 15) is 4.79 Å². The largest absolute Gasteiger partial charge is 0.385 e. The van der Waals surface area contributed by atoms with Crippen molar-refractivity contribution in [3.63, 3.8) is 0 Å². The van der Waals surface area contributed by atoms with Crippen LogP contribution >= 0.6 is 11.6 Å². The van der Waals surface area contributed by atoms with Crippen LogP contribution in [0.2, 0.25) is 5.02 Å². The maximum atomic E-state index is 12.3. The Bertz CT molecular complexity index is 642. The lowest BCUT2D eigenvalue weighted by Gasteiger charge is -2.11. The van der Waals surface area contributed by atoms with E-state index in [1.165, 1.54) is 6.20 Å². The first-order chi connectivity index (χ1) is 10.0. The molecule has 2 N–H and O–H groups in total. The van der Waals surface area contributed by atoms with E-state index in [4.69, 9.17) is 11.6 Å². The van der Waals surface area contributed by atoms with Crippen molar-refractivity contribution in [1.29, 1.82) is 0 Å². The second-order valence-corrected chi connectivity index (χ2v) is 5.15. The van der Waals surface area contributed by atoms with Crippen LogP contribution in [0.25, 0.3) is 0 Å². The molecule has 1 amide bonds. The van der Waals surface area contributed by atoms with Crippen LogP contribution in [0, 0.1) is 0 Å². The van der Waals surface area contributed by atoms with Gasteiger partial charge in [0.05, 0.1) is 16.9 Å². The summed E-state index contributed by atoms with van der Waals surface area (Å²) in [5.41, 5.74) is 0.846. The van der Waals surface area contributed by atoms with Gasteiger partial charge in [0.15, 0.2) is 5.69 Å². The molecule has 0 bridgehead atoms. The summed E-state index contributed by atoms with van der Waals surface area (Å²) < 4.78 is 0. The van der Waals surface area contributed by atoms with Crippen molar-refractivity contribution in [2.24, 2.45) is 0 Å². The van der Waals surface area contributed by atoms with Crippen molar-refractivity contribution in [1.82, 2.24) is 15.0 Å². The van der Waals surface area contributed by atoms with E-state index in [-0.39, 0.29) is 17.5 Å². The Morgan fingerprint density at radius 1 is 1.24 bits per heavy atom. The van der Waals surface area contributed by atoms with Gasteiger partial charge in [-0.3, -0.25) is 4.79 Å². The molecule has 0 fully saturated rings. The van der Waals surface area contributed by atoms with Crippen molar-refractivity contribution in [3.8, 4) is 0 Å². The van der Waals surface area contributed by atoms with E-state index in [1.54, 1.807) is 25.4 Å². The van der Waals surface area contributed by atoms with Crippen LogP contribution in [-0.4, -0.2) is 27.9 Å². The molecule has 2 heterocycles. The minimum absolute atomic E-state index is 0.135. The summed E-state index contributed by atoms with van der Waals surface area (Å²) in [7, 11) is 1.71. The molecule has 0 unspecified atom stereocenters. The predicted octanol–water partition coefficient (Wildman–Crippen LogP) is 2.94. The lowest BCUT2D eigenvalue weighted by atomic mass is 10.2. The number of hydrogen-bond acceptors (Lipinski definition) is 5. The zero-order valence-corrected chi connectivity index (χ0v) is 12.8. The van der Waals surface area contributed by atoms with E-state index in [0.717, 1.165) is 0 Å². The maximum Gasteiger partial charge on any atom is 0.277 e. The lowest BCUT2D eigenvalue weighted by Crippen LogP contribution is -2.18. The third kappa shape index (κ3) is 3.66. The van der Waals surface area contributed by atoms with Gasteiger partial charge in [-0.15, -0.1) is 0 Å². The molecule has 0 aliphatic rings. The number of halogens is 1. The van der Waals surface area contributed by atoms with E-state index in [0.29, 0.717) is 22.4 Å². The first-order valence-electron chi connectivity index (χ1n) is 6.49. The highest BCUT2D eigenvalue weighted by molar-refractivity contribution is 6.30. The highest BCUT2D eigenvalue weighted by Gasteiger charge is 2.16. The number of anilines is 2. The molecule has 21 heavy (non-hydrogen) atoms. The molecule has 0 saturated heterocycles. The van der Waals surface area contributed by atoms with Crippen LogP contribution in [-0.2, 0) is 0 Å². The summed E-state index contributed by atoms with van der Waals surface area (Å²) in [4.78, 5) is 24.9. The molecule has 6 nitrogen and oxygen atoms in total. The molecular formula is C14H16ClN5O. The quantitative estimate of drug-likeness (QED) is 0.908. The Morgan fingerprint density at radius 3 is 2.57 bits per heavy atom. The molecule has 0 aromatic carbocycles. The third-order valence-corrected chi connectivity index (χ3v) is 3.00. The number of nitrogens with zero attached hydrogens (tertiary/aromatic N) is 3. The molecular weight excluding hydrogens is 290 g/mol. The summed E-state index contributed by atoms with van der Waals surface area (Å²) in [5.74, 6) is 0.814. The monoisotopic (exact) mass is 305 g/mol. The van der Waals surface area contributed by atoms with Gasteiger partial charge in [0.1, 0.15) is 11.6 Å². The van der Waals surface area contributed by atoms with Crippen LogP contribution in [0.1, 0.15) is 36.1 Å². The molecule has 0 aliphatic heterocycles. The van der Waals surface area contributed by atoms with Crippen LogP contribution in [0.4, 0.5) is 11.5 Å². The molecule has 0 spiro atoms. The highest BCUT2D eigenvalue weighted by atomic mass is 35.5. The Morgan fingerprint density at radius 2 is 2.00 bits per heavy atom. The molecule has 0 aliphatic carbocycles. The number of amides is 1. The van der Waals surface area contributed by atoms with Gasteiger partial charge in [0.2, 0.25) is 0 Å². The van der Waals surface area contributed by atoms with Gasteiger partial charge in [0.25, 0.3) is 5.91 Å². The van der Waals surface area contributed by atoms with Gasteiger partial charge < -0.3 is 10.6 Å². The maximum absolute atomic E-state index is 12.3. The summed E-state index contributed by atoms with van der Waals surface area (Å²) in [6, 6.07) is 3.28. The second kappa shape index (κ2) is 6.49. The Balaban J connectivity index is 2.28. The number of pyridine rings is 1. The normalized spacial score (nSPS) is 10.5. The fourth-order valence-corrected chi connectivity index (χ4v) is 1.77. The summed E-state index contributed by atoms with van der Waals surface area (Å²) in [6.45, 7) is 3.94. The lowest BCUT2D eigenvalue weighted by molar-refractivity contribution is 0.102. The van der Waals surface area contributed by atoms with Crippen molar-refractivity contribution in [2.45, 2.75) is 19.8 Å². The van der Waals surface area contributed by atoms with Crippen molar-refractivity contribution in [3.05, 3.63) is 41.1 Å². The summed E-state index contributed by atoms with van der Waals surface area (Å²) in [6.07, 6.45) is 3.07. The summed E-state index contributed by atoms with van der Waals surface area (Å²) >= 11 is 5.76. The molecule has 7 heteroatoms. The minimum Gasteiger partial charge on any atom is -0.385 e. The van der Waals surface area contributed by atoms with E-state index >= 15 is 0 Å². The number of aromatic nitrogens is 3. The SMILES string of the molecule is CNc1cnc(C(C)C)nc1C(=O)Nc1ccc(Cl)cn1. The van der Waals surface area contributed by atoms with Crippen LogP contribution in [0.5, 0.6) is 0 Å². The molecule has 2 aromatic heterocycles. The van der Waals surface area contributed by atoms with Gasteiger partial charge in [-0.25, -0.2) is 15.0 Å². The van der Waals surface area contributed by atoms with Crippen LogP contribution < -0.4 is 10.6 Å². The first kappa shape index (κ1) is 15.2. The van der Waals surface area contributed by atoms with Crippen LogP contribution in [0.3, 0.4) is 0 Å². The van der Waals surface area contributed by atoms with Gasteiger partial charge >= 0.3 is 0 Å². The van der Waals surface area contributed by atoms with E-state index < -0.39 is 0 Å². The number of nitrogens with one attached hydrogen (secondary N) is 2. The Labute approximate surface area is 128 Å². The highest BCUT2D eigenvalue weighted by Crippen LogP contribution is 2.17. The fraction of sp³-hybridized carbons (Fsp3) is 0.286. The van der Waals surface area contributed by atoms with Gasteiger partial charge in [-0.05, 0) is 12.1 Å². The molecule has 0 saturated carbocycles. The molecule has 0 atom stereocenters. The van der Waals surface area contributed by atoms with Crippen molar-refractivity contribution < 1.29 is 4.79 Å². The smallest absolute Gasteiger partial charge is 0.277 e. The summed E-state index contributed by atoms with van der Waals surface area (Å²) in [5, 5.41) is 6.10. The number of carbonyl (C=O) groups excluding carboxylic acids is 1. The van der Waals surface area contributed by atoms with Gasteiger partial charge in [0, 0.05) is 19.2 Å². The minimum atomic E-state index is -0.349. The molecule has 0 radical (unpaired) electrons. The zero-order valence-electron chi connectivity index (χ0n) is 12.0. The molecule has 2 aromatic rings. The van der Waals surface area contributed by atoms with Gasteiger partial charge in [-0.2, -0.15) is 0 Å². The Kier molecular flexibility index (Phi) is 4.70. The average Bonchev–Trinajstić information content (AvgIpc) is 2.48.